The van der Waals surface area contributed by atoms with Gasteiger partial charge >= 0.3 is 0 Å². The number of carbonyl (C=O) groups is 2. The minimum Gasteiger partial charge on any atom is -0.507 e. The summed E-state index contributed by atoms with van der Waals surface area (Å²) >= 11 is 0. The van der Waals surface area contributed by atoms with E-state index < -0.39 is 0 Å². The van der Waals surface area contributed by atoms with Gasteiger partial charge in [0.2, 0.25) is 11.8 Å². The lowest BCUT2D eigenvalue weighted by molar-refractivity contribution is -0.115. The van der Waals surface area contributed by atoms with Crippen LogP contribution in [0.1, 0.15) is 25.0 Å². The van der Waals surface area contributed by atoms with Gasteiger partial charge in [0, 0.05) is 70.1 Å². The van der Waals surface area contributed by atoms with Crippen molar-refractivity contribution < 1.29 is 14.7 Å². The molecule has 0 spiro atoms. The third-order valence-electron chi connectivity index (χ3n) is 6.65. The lowest BCUT2D eigenvalue weighted by atomic mass is 10.0. The van der Waals surface area contributed by atoms with Crippen molar-refractivity contribution in [1.82, 2.24) is 9.97 Å². The van der Waals surface area contributed by atoms with Crippen molar-refractivity contribution in [2.24, 2.45) is 0 Å². The molecule has 4 aromatic rings. The van der Waals surface area contributed by atoms with Crippen molar-refractivity contribution >= 4 is 34.6 Å². The third-order valence-corrected chi connectivity index (χ3v) is 6.65. The van der Waals surface area contributed by atoms with E-state index in [9.17, 15) is 14.7 Å². The SMILES string of the molecule is CC(=O)Nc1cc(N(C)C)ccc1-c1nc(-c2cc(C)c(O)c(C)c2)[nH]c1-c1ccc(N(C)C)cc1NC(C)=O. The number of carbonyl (C=O) groups excluding carboxylic acids is 2. The van der Waals surface area contributed by atoms with Gasteiger partial charge in [-0.2, -0.15) is 0 Å². The molecule has 4 N–H and O–H groups in total. The van der Waals surface area contributed by atoms with Crippen LogP contribution in [-0.2, 0) is 9.59 Å². The molecule has 40 heavy (non-hydrogen) atoms. The van der Waals surface area contributed by atoms with Crippen LogP contribution in [0.4, 0.5) is 22.7 Å². The van der Waals surface area contributed by atoms with E-state index in [1.807, 2.05) is 100 Å². The van der Waals surface area contributed by atoms with Crippen LogP contribution in [-0.4, -0.2) is 55.1 Å². The van der Waals surface area contributed by atoms with Gasteiger partial charge in [0.1, 0.15) is 11.6 Å². The van der Waals surface area contributed by atoms with E-state index in [1.165, 1.54) is 13.8 Å². The molecule has 0 aliphatic heterocycles. The maximum atomic E-state index is 12.2. The second-order valence-electron chi connectivity index (χ2n) is 10.4. The first-order valence-electron chi connectivity index (χ1n) is 12.9. The topological polar surface area (TPSA) is 114 Å². The zero-order chi connectivity index (χ0) is 29.3. The van der Waals surface area contributed by atoms with Gasteiger partial charge in [-0.15, -0.1) is 0 Å². The summed E-state index contributed by atoms with van der Waals surface area (Å²) in [6.07, 6.45) is 0. The zero-order valence-corrected chi connectivity index (χ0v) is 24.2. The molecule has 0 aliphatic rings. The van der Waals surface area contributed by atoms with Crippen LogP contribution in [0.25, 0.3) is 33.9 Å². The minimum absolute atomic E-state index is 0.197. The molecule has 1 aromatic heterocycles. The first kappa shape index (κ1) is 28.2. The van der Waals surface area contributed by atoms with Crippen LogP contribution >= 0.6 is 0 Å². The number of aryl methyl sites for hydroxylation is 2. The average molecular weight is 541 g/mol. The Hall–Kier alpha value is -4.79. The number of aromatic hydroxyl groups is 1. The molecular weight excluding hydrogens is 504 g/mol. The highest BCUT2D eigenvalue weighted by Crippen LogP contribution is 2.42. The molecule has 3 aromatic carbocycles. The summed E-state index contributed by atoms with van der Waals surface area (Å²) in [7, 11) is 7.75. The number of hydrogen-bond donors (Lipinski definition) is 4. The quantitative estimate of drug-likeness (QED) is 0.236. The Kier molecular flexibility index (Phi) is 7.86. The van der Waals surface area contributed by atoms with Gasteiger partial charge in [-0.25, -0.2) is 4.98 Å². The van der Waals surface area contributed by atoms with Crippen LogP contribution in [0.15, 0.2) is 48.5 Å². The monoisotopic (exact) mass is 540 g/mol. The van der Waals surface area contributed by atoms with Gasteiger partial charge < -0.3 is 30.5 Å². The largest absolute Gasteiger partial charge is 0.507 e. The van der Waals surface area contributed by atoms with Crippen molar-refractivity contribution in [1.29, 1.82) is 0 Å². The first-order chi connectivity index (χ1) is 18.8. The molecule has 0 bridgehead atoms. The molecule has 0 aliphatic carbocycles. The Morgan fingerprint density at radius 2 is 1.25 bits per heavy atom. The summed E-state index contributed by atoms with van der Waals surface area (Å²) in [4.78, 5) is 36.9. The van der Waals surface area contributed by atoms with Gasteiger partial charge in [0.25, 0.3) is 0 Å². The zero-order valence-electron chi connectivity index (χ0n) is 24.2. The molecule has 0 saturated heterocycles. The fraction of sp³-hybridized carbons (Fsp3) is 0.258. The molecule has 4 rings (SSSR count). The fourth-order valence-corrected chi connectivity index (χ4v) is 4.62. The van der Waals surface area contributed by atoms with Crippen molar-refractivity contribution in [3.05, 3.63) is 59.7 Å². The highest BCUT2D eigenvalue weighted by Gasteiger charge is 2.22. The van der Waals surface area contributed by atoms with Gasteiger partial charge in [-0.05, 0) is 73.5 Å². The molecule has 0 fully saturated rings. The van der Waals surface area contributed by atoms with Gasteiger partial charge in [0.05, 0.1) is 22.8 Å². The number of hydrogen-bond acceptors (Lipinski definition) is 6. The summed E-state index contributed by atoms with van der Waals surface area (Å²) in [5.41, 5.74) is 8.10. The maximum Gasteiger partial charge on any atom is 0.221 e. The number of phenols is 1. The molecule has 2 amide bonds. The molecule has 0 radical (unpaired) electrons. The Balaban J connectivity index is 2.04. The van der Waals surface area contributed by atoms with Gasteiger partial charge in [0.15, 0.2) is 0 Å². The number of H-pyrrole nitrogens is 1. The number of rotatable bonds is 7. The van der Waals surface area contributed by atoms with Crippen molar-refractivity contribution in [2.75, 3.05) is 48.6 Å². The van der Waals surface area contributed by atoms with Crippen molar-refractivity contribution in [2.45, 2.75) is 27.7 Å². The van der Waals surface area contributed by atoms with Crippen molar-refractivity contribution in [3.8, 4) is 39.7 Å². The second kappa shape index (κ2) is 11.1. The number of aromatic amines is 1. The summed E-state index contributed by atoms with van der Waals surface area (Å²) in [6.45, 7) is 6.64. The molecule has 0 unspecified atom stereocenters. The summed E-state index contributed by atoms with van der Waals surface area (Å²) in [5, 5.41) is 16.3. The van der Waals surface area contributed by atoms with Crippen LogP contribution in [0, 0.1) is 13.8 Å². The molecular formula is C31H36N6O3. The van der Waals surface area contributed by atoms with E-state index in [-0.39, 0.29) is 17.6 Å². The Morgan fingerprint density at radius 1 is 0.775 bits per heavy atom. The van der Waals surface area contributed by atoms with E-state index in [0.717, 1.165) is 39.2 Å². The first-order valence-corrected chi connectivity index (χ1v) is 12.9. The number of imidazole rings is 1. The maximum absolute atomic E-state index is 12.2. The fourth-order valence-electron chi connectivity index (χ4n) is 4.62. The van der Waals surface area contributed by atoms with E-state index in [4.69, 9.17) is 4.98 Å². The van der Waals surface area contributed by atoms with E-state index in [0.29, 0.717) is 28.6 Å². The molecule has 1 heterocycles. The highest BCUT2D eigenvalue weighted by atomic mass is 16.3. The lowest BCUT2D eigenvalue weighted by Crippen LogP contribution is -2.12. The number of aromatic nitrogens is 2. The smallest absolute Gasteiger partial charge is 0.221 e. The predicted octanol–water partition coefficient (Wildman–Crippen LogP) is 5.78. The summed E-state index contributed by atoms with van der Waals surface area (Å²) < 4.78 is 0. The minimum atomic E-state index is -0.200. The molecule has 0 atom stereocenters. The standard InChI is InChI=1S/C31H36N6O3/c1-17-13-21(14-18(2)30(17)40)31-34-28(24-11-9-22(36(5)6)15-26(24)32-19(3)38)29(35-31)25-12-10-23(37(7)8)16-27(25)33-20(4)39/h9-16,40H,1-8H3,(H,32,38)(H,33,39)(H,34,35). The van der Waals surface area contributed by atoms with Gasteiger partial charge in [-0.1, -0.05) is 0 Å². The molecule has 9 heteroatoms. The molecule has 9 nitrogen and oxygen atoms in total. The van der Waals surface area contributed by atoms with Gasteiger partial charge in [-0.3, -0.25) is 9.59 Å². The summed E-state index contributed by atoms with van der Waals surface area (Å²) in [5.74, 6) is 0.438. The second-order valence-corrected chi connectivity index (χ2v) is 10.4. The number of amides is 2. The lowest BCUT2D eigenvalue weighted by Gasteiger charge is -2.18. The Morgan fingerprint density at radius 3 is 1.73 bits per heavy atom. The Labute approximate surface area is 234 Å². The molecule has 208 valence electrons. The van der Waals surface area contributed by atoms with Crippen LogP contribution < -0.4 is 20.4 Å². The van der Waals surface area contributed by atoms with Crippen LogP contribution in [0.3, 0.4) is 0 Å². The van der Waals surface area contributed by atoms with Crippen molar-refractivity contribution in [3.63, 3.8) is 0 Å². The number of benzene rings is 3. The van der Waals surface area contributed by atoms with E-state index >= 15 is 0 Å². The van der Waals surface area contributed by atoms with Crippen LogP contribution in [0.5, 0.6) is 5.75 Å². The number of nitrogens with one attached hydrogen (secondary N) is 3. The van der Waals surface area contributed by atoms with E-state index in [2.05, 4.69) is 15.6 Å². The predicted molar refractivity (Wildman–Crippen MR) is 163 cm³/mol. The molecule has 0 saturated carbocycles. The highest BCUT2D eigenvalue weighted by molar-refractivity contribution is 6.00. The van der Waals surface area contributed by atoms with E-state index in [1.54, 1.807) is 0 Å². The third kappa shape index (κ3) is 5.78. The average Bonchev–Trinajstić information content (AvgIpc) is 3.31. The number of anilines is 4. The van der Waals surface area contributed by atoms with Crippen LogP contribution in [0.2, 0.25) is 0 Å². The normalized spacial score (nSPS) is 10.8. The Bertz CT molecular complexity index is 1490. The number of phenolic OH excluding ortho intramolecular Hbond substituents is 1. The number of nitrogens with zero attached hydrogens (tertiary/aromatic N) is 3. The summed E-state index contributed by atoms with van der Waals surface area (Å²) in [6, 6.07) is 15.4.